The third kappa shape index (κ3) is 2.02. The fraction of sp³-hybridized carbons (Fsp3) is 0.600. The van der Waals surface area contributed by atoms with Gasteiger partial charge in [0, 0.05) is 0 Å². The van der Waals surface area contributed by atoms with Gasteiger partial charge in [0.05, 0.1) is 23.1 Å². The first kappa shape index (κ1) is 11.3. The Morgan fingerprint density at radius 1 is 1.56 bits per heavy atom. The van der Waals surface area contributed by atoms with E-state index in [1.807, 2.05) is 6.92 Å². The van der Waals surface area contributed by atoms with Crippen LogP contribution >= 0.6 is 0 Å². The number of carbonyl (C=O) groups is 1. The Balaban J connectivity index is 2.34. The molecule has 1 aromatic rings. The third-order valence-electron chi connectivity index (χ3n) is 2.88. The van der Waals surface area contributed by atoms with E-state index in [-0.39, 0.29) is 17.3 Å². The molecule has 2 rings (SSSR count). The molecule has 0 radical (unpaired) electrons. The highest BCUT2D eigenvalue weighted by Gasteiger charge is 2.40. The Bertz CT molecular complexity index is 505. The molecule has 0 amide bonds. The van der Waals surface area contributed by atoms with Crippen LogP contribution in [0.5, 0.6) is 0 Å². The van der Waals surface area contributed by atoms with Crippen molar-refractivity contribution in [3.8, 4) is 0 Å². The second-order valence-electron chi connectivity index (χ2n) is 4.44. The van der Waals surface area contributed by atoms with Crippen molar-refractivity contribution < 1.29 is 17.6 Å². The lowest BCUT2D eigenvalue weighted by molar-refractivity contribution is 0.109. The zero-order valence-corrected chi connectivity index (χ0v) is 9.79. The second-order valence-corrected chi connectivity index (χ2v) is 6.63. The molecule has 1 unspecified atom stereocenters. The highest BCUT2D eigenvalue weighted by molar-refractivity contribution is 7.91. The van der Waals surface area contributed by atoms with Crippen LogP contribution in [0.2, 0.25) is 0 Å². The fourth-order valence-corrected chi connectivity index (χ4v) is 4.07. The number of hydrogen-bond acceptors (Lipinski definition) is 5. The average molecular weight is 243 g/mol. The molecule has 2 heterocycles. The molecule has 1 saturated heterocycles. The maximum atomic E-state index is 11.6. The average Bonchev–Trinajstić information content (AvgIpc) is 2.64. The van der Waals surface area contributed by atoms with Gasteiger partial charge in [-0.3, -0.25) is 4.79 Å². The highest BCUT2D eigenvalue weighted by Crippen LogP contribution is 2.34. The smallest absolute Gasteiger partial charge is 0.202 e. The van der Waals surface area contributed by atoms with Crippen molar-refractivity contribution in [3.63, 3.8) is 0 Å². The Kier molecular flexibility index (Phi) is 2.61. The molecule has 0 spiro atoms. The molecule has 0 bridgehead atoms. The number of nitrogens with zero attached hydrogens (tertiary/aromatic N) is 1. The van der Waals surface area contributed by atoms with Gasteiger partial charge in [-0.15, -0.1) is 0 Å². The summed E-state index contributed by atoms with van der Waals surface area (Å²) in [5, 5.41) is 0. The van der Waals surface area contributed by atoms with Gasteiger partial charge in [0.1, 0.15) is 0 Å². The Labute approximate surface area is 93.8 Å². The van der Waals surface area contributed by atoms with Gasteiger partial charge in [-0.25, -0.2) is 13.4 Å². The quantitative estimate of drug-likeness (QED) is 0.723. The van der Waals surface area contributed by atoms with E-state index >= 15 is 0 Å². The summed E-state index contributed by atoms with van der Waals surface area (Å²) >= 11 is 0. The molecule has 0 N–H and O–H groups in total. The van der Waals surface area contributed by atoms with Gasteiger partial charge in [-0.05, 0) is 19.8 Å². The van der Waals surface area contributed by atoms with Crippen molar-refractivity contribution >= 4 is 16.1 Å². The van der Waals surface area contributed by atoms with Crippen LogP contribution in [0.15, 0.2) is 10.6 Å². The molecule has 0 aliphatic carbocycles. The number of sulfone groups is 1. The van der Waals surface area contributed by atoms with E-state index in [0.29, 0.717) is 25.0 Å². The normalized spacial score (nSPS) is 28.8. The van der Waals surface area contributed by atoms with Gasteiger partial charge in [-0.2, -0.15) is 0 Å². The summed E-state index contributed by atoms with van der Waals surface area (Å²) in [5.74, 6) is 0.750. The van der Waals surface area contributed by atoms with Crippen LogP contribution < -0.4 is 0 Å². The van der Waals surface area contributed by atoms with Crippen LogP contribution in [0.25, 0.3) is 0 Å². The van der Waals surface area contributed by atoms with Gasteiger partial charge in [0.25, 0.3) is 0 Å². The van der Waals surface area contributed by atoms with Crippen molar-refractivity contribution in [2.45, 2.75) is 25.2 Å². The van der Waals surface area contributed by atoms with Crippen molar-refractivity contribution in [3.05, 3.63) is 17.8 Å². The fourth-order valence-electron chi connectivity index (χ4n) is 2.10. The zero-order valence-electron chi connectivity index (χ0n) is 8.97. The van der Waals surface area contributed by atoms with Crippen LogP contribution in [0.3, 0.4) is 0 Å². The highest BCUT2D eigenvalue weighted by atomic mass is 32.2. The van der Waals surface area contributed by atoms with E-state index in [0.717, 1.165) is 0 Å². The van der Waals surface area contributed by atoms with E-state index in [2.05, 4.69) is 4.98 Å². The predicted molar refractivity (Wildman–Crippen MR) is 57.1 cm³/mol. The monoisotopic (exact) mass is 243 g/mol. The summed E-state index contributed by atoms with van der Waals surface area (Å²) in [6, 6.07) is 0. The maximum Gasteiger partial charge on any atom is 0.202 e. The largest absolute Gasteiger partial charge is 0.437 e. The van der Waals surface area contributed by atoms with E-state index in [9.17, 15) is 13.2 Å². The van der Waals surface area contributed by atoms with E-state index in [1.165, 1.54) is 6.20 Å². The molecule has 1 fully saturated rings. The Morgan fingerprint density at radius 3 is 2.88 bits per heavy atom. The van der Waals surface area contributed by atoms with Crippen LogP contribution in [0.1, 0.15) is 36.2 Å². The summed E-state index contributed by atoms with van der Waals surface area (Å²) in [4.78, 5) is 14.5. The van der Waals surface area contributed by atoms with Crippen molar-refractivity contribution in [1.82, 2.24) is 4.98 Å². The van der Waals surface area contributed by atoms with Crippen LogP contribution in [0.4, 0.5) is 0 Å². The molecule has 1 aliphatic rings. The molecule has 5 nitrogen and oxygen atoms in total. The molecule has 1 aromatic heterocycles. The first-order chi connectivity index (χ1) is 7.45. The van der Waals surface area contributed by atoms with Gasteiger partial charge in [0.2, 0.25) is 5.89 Å². The van der Waals surface area contributed by atoms with Crippen molar-refractivity contribution in [2.75, 3.05) is 11.5 Å². The maximum absolute atomic E-state index is 11.6. The molecule has 0 saturated carbocycles. The number of rotatable bonds is 2. The number of hydrogen-bond donors (Lipinski definition) is 0. The van der Waals surface area contributed by atoms with Gasteiger partial charge >= 0.3 is 0 Å². The standard InChI is InChI=1S/C10H13NO4S/c1-10(3-2-4-16(13,14)7-10)9-11-5-8(6-12)15-9/h5-6H,2-4,7H2,1H3. The lowest BCUT2D eigenvalue weighted by Crippen LogP contribution is -2.37. The van der Waals surface area contributed by atoms with E-state index in [1.54, 1.807) is 0 Å². The first-order valence-electron chi connectivity index (χ1n) is 5.07. The molecule has 16 heavy (non-hydrogen) atoms. The van der Waals surface area contributed by atoms with Crippen LogP contribution in [-0.2, 0) is 15.3 Å². The summed E-state index contributed by atoms with van der Waals surface area (Å²) < 4.78 is 28.4. The summed E-state index contributed by atoms with van der Waals surface area (Å²) in [5.41, 5.74) is -0.599. The molecule has 6 heteroatoms. The minimum absolute atomic E-state index is 0.0405. The number of oxazole rings is 1. The third-order valence-corrected chi connectivity index (χ3v) is 4.87. The first-order valence-corrected chi connectivity index (χ1v) is 6.89. The molecular formula is C10H13NO4S. The van der Waals surface area contributed by atoms with Crippen molar-refractivity contribution in [1.29, 1.82) is 0 Å². The summed E-state index contributed by atoms with van der Waals surface area (Å²) in [7, 11) is -3.02. The molecule has 1 atom stereocenters. The lowest BCUT2D eigenvalue weighted by Gasteiger charge is -2.29. The predicted octanol–water partition coefficient (Wildman–Crippen LogP) is 0.953. The van der Waals surface area contributed by atoms with Crippen molar-refractivity contribution in [2.24, 2.45) is 0 Å². The molecule has 0 aromatic carbocycles. The number of carbonyl (C=O) groups excluding carboxylic acids is 1. The van der Waals surface area contributed by atoms with E-state index in [4.69, 9.17) is 4.42 Å². The minimum Gasteiger partial charge on any atom is -0.437 e. The zero-order chi connectivity index (χ0) is 11.8. The molecular weight excluding hydrogens is 230 g/mol. The number of aromatic nitrogens is 1. The molecule has 88 valence electrons. The van der Waals surface area contributed by atoms with Crippen LogP contribution in [0, 0.1) is 0 Å². The Morgan fingerprint density at radius 2 is 2.31 bits per heavy atom. The second kappa shape index (κ2) is 3.69. The number of aldehydes is 1. The van der Waals surface area contributed by atoms with Crippen LogP contribution in [-0.4, -0.2) is 31.2 Å². The van der Waals surface area contributed by atoms with Gasteiger partial charge in [0.15, 0.2) is 21.9 Å². The SMILES string of the molecule is CC1(c2ncc(C=O)o2)CCCS(=O)(=O)C1. The topological polar surface area (TPSA) is 77.2 Å². The van der Waals surface area contributed by atoms with Gasteiger partial charge < -0.3 is 4.42 Å². The van der Waals surface area contributed by atoms with Gasteiger partial charge in [-0.1, -0.05) is 0 Å². The Hall–Kier alpha value is -1.17. The summed E-state index contributed by atoms with van der Waals surface area (Å²) in [6.07, 6.45) is 3.22. The summed E-state index contributed by atoms with van der Waals surface area (Å²) in [6.45, 7) is 1.81. The minimum atomic E-state index is -3.02. The van der Waals surface area contributed by atoms with E-state index < -0.39 is 15.3 Å². The lowest BCUT2D eigenvalue weighted by atomic mass is 9.87. The molecule has 1 aliphatic heterocycles.